The smallest absolute Gasteiger partial charge is 0.347 e. The summed E-state index contributed by atoms with van der Waals surface area (Å²) in [5, 5.41) is 30.0. The zero-order chi connectivity index (χ0) is 16.2. The third-order valence-electron chi connectivity index (χ3n) is 3.38. The van der Waals surface area contributed by atoms with Gasteiger partial charge in [0.1, 0.15) is 12.1 Å². The summed E-state index contributed by atoms with van der Waals surface area (Å²) in [7, 11) is 0. The van der Waals surface area contributed by atoms with E-state index >= 15 is 0 Å². The Labute approximate surface area is 121 Å². The van der Waals surface area contributed by atoms with Crippen molar-refractivity contribution >= 4 is 17.9 Å². The number of nitrogens with one attached hydrogen (secondary N) is 1. The van der Waals surface area contributed by atoms with Crippen LogP contribution in [0.15, 0.2) is 0 Å². The van der Waals surface area contributed by atoms with E-state index in [9.17, 15) is 19.5 Å². The number of carbonyl (C=O) groups is 3. The highest BCUT2D eigenvalue weighted by Gasteiger charge is 2.42. The van der Waals surface area contributed by atoms with Gasteiger partial charge < -0.3 is 31.1 Å². The fraction of sp³-hybridized carbons (Fsp3) is 0.750. The standard InChI is InChI=1S/C12H20N2O7/c1-12(11(19)20,4-7(13)9(16)17)21-10(18)8-3-2-6(15)5-14-8/h6-8,14-15H,2-5,13H2,1H3,(H,16,17)(H,19,20)/t6?,7-,8?,12?/m0/s1. The van der Waals surface area contributed by atoms with Crippen molar-refractivity contribution in [2.75, 3.05) is 6.54 Å². The first-order chi connectivity index (χ1) is 9.65. The summed E-state index contributed by atoms with van der Waals surface area (Å²) in [6.07, 6.45) is -0.398. The molecule has 0 radical (unpaired) electrons. The van der Waals surface area contributed by atoms with Crippen molar-refractivity contribution in [3.8, 4) is 0 Å². The van der Waals surface area contributed by atoms with Gasteiger partial charge in [0, 0.05) is 13.0 Å². The van der Waals surface area contributed by atoms with E-state index in [1.807, 2.05) is 0 Å². The van der Waals surface area contributed by atoms with Crippen LogP contribution in [0.5, 0.6) is 0 Å². The van der Waals surface area contributed by atoms with Gasteiger partial charge in [-0.3, -0.25) is 9.59 Å². The van der Waals surface area contributed by atoms with Crippen molar-refractivity contribution in [3.63, 3.8) is 0 Å². The molecule has 1 heterocycles. The highest BCUT2D eigenvalue weighted by molar-refractivity contribution is 5.85. The van der Waals surface area contributed by atoms with Gasteiger partial charge >= 0.3 is 17.9 Å². The summed E-state index contributed by atoms with van der Waals surface area (Å²) >= 11 is 0. The second-order valence-corrected chi connectivity index (χ2v) is 5.30. The predicted molar refractivity (Wildman–Crippen MR) is 69.4 cm³/mol. The monoisotopic (exact) mass is 304 g/mol. The number of aliphatic hydroxyl groups excluding tert-OH is 1. The molecular weight excluding hydrogens is 284 g/mol. The number of carboxylic acid groups (broad SMARTS) is 2. The van der Waals surface area contributed by atoms with Gasteiger partial charge in [-0.1, -0.05) is 0 Å². The van der Waals surface area contributed by atoms with Crippen molar-refractivity contribution in [1.82, 2.24) is 5.32 Å². The first kappa shape index (κ1) is 17.3. The summed E-state index contributed by atoms with van der Waals surface area (Å²) in [6, 6.07) is -2.19. The van der Waals surface area contributed by atoms with Gasteiger partial charge in [-0.05, 0) is 19.8 Å². The van der Waals surface area contributed by atoms with E-state index < -0.39 is 48.1 Å². The Morgan fingerprint density at radius 3 is 2.43 bits per heavy atom. The molecule has 3 unspecified atom stereocenters. The second kappa shape index (κ2) is 6.83. The van der Waals surface area contributed by atoms with Crippen molar-refractivity contribution in [2.24, 2.45) is 5.73 Å². The summed E-state index contributed by atoms with van der Waals surface area (Å²) in [5.74, 6) is -3.65. The number of carbonyl (C=O) groups excluding carboxylic acids is 1. The van der Waals surface area contributed by atoms with Crippen molar-refractivity contribution in [2.45, 2.75) is 50.0 Å². The van der Waals surface area contributed by atoms with Crippen LogP contribution >= 0.6 is 0 Å². The van der Waals surface area contributed by atoms with Gasteiger partial charge in [0.15, 0.2) is 0 Å². The molecule has 0 amide bonds. The minimum absolute atomic E-state index is 0.207. The SMILES string of the molecule is CC(C[C@H](N)C(=O)O)(OC(=O)C1CCC(O)CN1)C(=O)O. The molecule has 4 atom stereocenters. The maximum atomic E-state index is 12.0. The maximum absolute atomic E-state index is 12.0. The molecule has 1 fully saturated rings. The van der Waals surface area contributed by atoms with E-state index in [4.69, 9.17) is 20.7 Å². The van der Waals surface area contributed by atoms with E-state index in [2.05, 4.69) is 5.32 Å². The number of hydrogen-bond donors (Lipinski definition) is 5. The van der Waals surface area contributed by atoms with Gasteiger partial charge in [0.05, 0.1) is 6.10 Å². The normalized spacial score (nSPS) is 26.4. The number of aliphatic carboxylic acids is 2. The Hall–Kier alpha value is -1.71. The van der Waals surface area contributed by atoms with E-state index in [0.29, 0.717) is 12.8 Å². The fourth-order valence-electron chi connectivity index (χ4n) is 2.02. The average molecular weight is 304 g/mol. The molecule has 0 spiro atoms. The quantitative estimate of drug-likeness (QED) is 0.360. The molecule has 0 aromatic carbocycles. The summed E-state index contributed by atoms with van der Waals surface area (Å²) in [5.41, 5.74) is 3.29. The predicted octanol–water partition coefficient (Wildman–Crippen LogP) is -1.71. The Morgan fingerprint density at radius 2 is 2.00 bits per heavy atom. The third-order valence-corrected chi connectivity index (χ3v) is 3.38. The van der Waals surface area contributed by atoms with E-state index in [-0.39, 0.29) is 6.54 Å². The van der Waals surface area contributed by atoms with Gasteiger partial charge in [0.25, 0.3) is 0 Å². The number of β-amino-alcohol motifs (C(OH)–C–C–N with tert-alkyl or cyclic N) is 1. The molecule has 0 aromatic heterocycles. The van der Waals surface area contributed by atoms with Crippen LogP contribution in [-0.2, 0) is 19.1 Å². The molecule has 0 aliphatic carbocycles. The molecule has 21 heavy (non-hydrogen) atoms. The van der Waals surface area contributed by atoms with Crippen LogP contribution in [0.2, 0.25) is 0 Å². The molecule has 0 aromatic rings. The first-order valence-corrected chi connectivity index (χ1v) is 6.52. The molecule has 6 N–H and O–H groups in total. The van der Waals surface area contributed by atoms with Crippen molar-refractivity contribution in [1.29, 1.82) is 0 Å². The molecule has 0 bridgehead atoms. The molecule has 9 heteroatoms. The number of rotatable bonds is 6. The lowest BCUT2D eigenvalue weighted by Crippen LogP contribution is -2.52. The van der Waals surface area contributed by atoms with Crippen LogP contribution in [0.4, 0.5) is 0 Å². The summed E-state index contributed by atoms with van der Waals surface area (Å²) in [4.78, 5) is 33.9. The number of hydrogen-bond acceptors (Lipinski definition) is 7. The largest absolute Gasteiger partial charge is 0.480 e. The number of ether oxygens (including phenoxy) is 1. The maximum Gasteiger partial charge on any atom is 0.347 e. The lowest BCUT2D eigenvalue weighted by Gasteiger charge is -2.31. The molecule has 9 nitrogen and oxygen atoms in total. The Bertz CT molecular complexity index is 420. The van der Waals surface area contributed by atoms with Crippen LogP contribution < -0.4 is 11.1 Å². The summed E-state index contributed by atoms with van der Waals surface area (Å²) in [6.45, 7) is 1.31. The number of piperidine rings is 1. The Kier molecular flexibility index (Phi) is 5.64. The lowest BCUT2D eigenvalue weighted by atomic mass is 9.96. The molecule has 1 aliphatic heterocycles. The number of aliphatic hydroxyl groups is 1. The third kappa shape index (κ3) is 4.66. The number of esters is 1. The molecule has 0 saturated carbocycles. The highest BCUT2D eigenvalue weighted by Crippen LogP contribution is 2.20. The van der Waals surface area contributed by atoms with E-state index in [1.165, 1.54) is 0 Å². The molecule has 1 saturated heterocycles. The fourth-order valence-corrected chi connectivity index (χ4v) is 2.02. The van der Waals surface area contributed by atoms with Gasteiger partial charge in [-0.15, -0.1) is 0 Å². The minimum atomic E-state index is -2.02. The van der Waals surface area contributed by atoms with Crippen molar-refractivity contribution < 1.29 is 34.4 Å². The van der Waals surface area contributed by atoms with Crippen LogP contribution in [0.25, 0.3) is 0 Å². The Morgan fingerprint density at radius 1 is 1.38 bits per heavy atom. The molecular formula is C12H20N2O7. The van der Waals surface area contributed by atoms with Crippen LogP contribution in [0.3, 0.4) is 0 Å². The van der Waals surface area contributed by atoms with Crippen molar-refractivity contribution in [3.05, 3.63) is 0 Å². The van der Waals surface area contributed by atoms with Gasteiger partial charge in [-0.25, -0.2) is 4.79 Å². The Balaban J connectivity index is 2.71. The number of carboxylic acids is 2. The molecule has 120 valence electrons. The van der Waals surface area contributed by atoms with Crippen LogP contribution in [-0.4, -0.2) is 63.6 Å². The first-order valence-electron chi connectivity index (χ1n) is 6.52. The van der Waals surface area contributed by atoms with E-state index in [0.717, 1.165) is 6.92 Å². The van der Waals surface area contributed by atoms with Gasteiger partial charge in [0.2, 0.25) is 5.60 Å². The average Bonchev–Trinajstić information content (AvgIpc) is 2.38. The molecule has 1 rings (SSSR count). The molecule has 1 aliphatic rings. The second-order valence-electron chi connectivity index (χ2n) is 5.30. The zero-order valence-corrected chi connectivity index (χ0v) is 11.6. The number of nitrogens with two attached hydrogens (primary N) is 1. The van der Waals surface area contributed by atoms with Crippen LogP contribution in [0, 0.1) is 0 Å². The minimum Gasteiger partial charge on any atom is -0.480 e. The lowest BCUT2D eigenvalue weighted by molar-refractivity contribution is -0.180. The highest BCUT2D eigenvalue weighted by atomic mass is 16.6. The van der Waals surface area contributed by atoms with Crippen LogP contribution in [0.1, 0.15) is 26.2 Å². The summed E-state index contributed by atoms with van der Waals surface area (Å²) < 4.78 is 4.97. The van der Waals surface area contributed by atoms with E-state index in [1.54, 1.807) is 0 Å². The topological polar surface area (TPSA) is 159 Å². The zero-order valence-electron chi connectivity index (χ0n) is 11.6. The van der Waals surface area contributed by atoms with Gasteiger partial charge in [-0.2, -0.15) is 0 Å².